The molecule has 1 atom stereocenters. The van der Waals surface area contributed by atoms with Crippen LogP contribution >= 0.6 is 0 Å². The molecule has 20 heavy (non-hydrogen) atoms. The van der Waals surface area contributed by atoms with E-state index in [0.717, 1.165) is 28.6 Å². The second-order valence-corrected chi connectivity index (χ2v) is 6.49. The van der Waals surface area contributed by atoms with E-state index in [-0.39, 0.29) is 17.9 Å². The van der Waals surface area contributed by atoms with Crippen LogP contribution in [0.15, 0.2) is 29.2 Å². The summed E-state index contributed by atoms with van der Waals surface area (Å²) in [6.07, 6.45) is 0.381. The van der Waals surface area contributed by atoms with Gasteiger partial charge in [0.05, 0.1) is 11.5 Å². The molecule has 8 heteroatoms. The molecule has 2 rings (SSSR count). The van der Waals surface area contributed by atoms with Crippen LogP contribution in [0.2, 0.25) is 0 Å². The second kappa shape index (κ2) is 5.12. The molecule has 0 spiro atoms. The molecular weight excluding hydrogens is 289 g/mol. The summed E-state index contributed by atoms with van der Waals surface area (Å²) >= 11 is 0. The minimum atomic E-state index is -4.09. The first-order chi connectivity index (χ1) is 9.34. The first kappa shape index (κ1) is 14.9. The Bertz CT molecular complexity index is 615. The molecule has 1 aliphatic heterocycles. The Labute approximate surface area is 115 Å². The zero-order valence-electron chi connectivity index (χ0n) is 10.5. The maximum absolute atomic E-state index is 12.9. The van der Waals surface area contributed by atoms with Crippen molar-refractivity contribution in [1.82, 2.24) is 4.31 Å². The number of hydrogen-bond donors (Lipinski definition) is 2. The number of aliphatic hydroxyl groups is 1. The molecule has 0 aliphatic carbocycles. The molecule has 0 bridgehead atoms. The van der Waals surface area contributed by atoms with Crippen LogP contribution in [-0.4, -0.2) is 47.6 Å². The van der Waals surface area contributed by atoms with E-state index >= 15 is 0 Å². The normalized spacial score (nSPS) is 23.9. The van der Waals surface area contributed by atoms with Crippen molar-refractivity contribution in [3.05, 3.63) is 30.1 Å². The average molecular weight is 303 g/mol. The van der Waals surface area contributed by atoms with Gasteiger partial charge in [0.25, 0.3) is 0 Å². The van der Waals surface area contributed by atoms with Crippen molar-refractivity contribution in [3.63, 3.8) is 0 Å². The lowest BCUT2D eigenvalue weighted by Crippen LogP contribution is -2.55. The molecule has 110 valence electrons. The average Bonchev–Trinajstić information content (AvgIpc) is 2.85. The lowest BCUT2D eigenvalue weighted by atomic mass is 9.99. The molecule has 1 fully saturated rings. The Hall–Kier alpha value is -1.51. The number of aliphatic hydroxyl groups excluding tert-OH is 1. The number of rotatable bonds is 4. The summed E-state index contributed by atoms with van der Waals surface area (Å²) in [6.45, 7) is -0.796. The van der Waals surface area contributed by atoms with Crippen molar-refractivity contribution >= 4 is 16.0 Å². The third kappa shape index (κ3) is 2.19. The van der Waals surface area contributed by atoms with Crippen LogP contribution in [0.1, 0.15) is 12.8 Å². The molecule has 0 amide bonds. The summed E-state index contributed by atoms with van der Waals surface area (Å²) in [5.74, 6) is -1.97. The van der Waals surface area contributed by atoms with Crippen LogP contribution in [0, 0.1) is 5.82 Å². The molecule has 0 aromatic heterocycles. The molecule has 6 nitrogen and oxygen atoms in total. The Morgan fingerprint density at radius 3 is 2.45 bits per heavy atom. The zero-order valence-corrected chi connectivity index (χ0v) is 11.3. The predicted molar refractivity (Wildman–Crippen MR) is 67.0 cm³/mol. The van der Waals surface area contributed by atoms with Crippen LogP contribution in [0.25, 0.3) is 0 Å². The number of hydrogen-bond acceptors (Lipinski definition) is 4. The van der Waals surface area contributed by atoms with E-state index in [1.807, 2.05) is 0 Å². The highest BCUT2D eigenvalue weighted by Gasteiger charge is 2.53. The third-order valence-electron chi connectivity index (χ3n) is 3.49. The van der Waals surface area contributed by atoms with Gasteiger partial charge in [-0.3, -0.25) is 4.79 Å². The van der Waals surface area contributed by atoms with Crippen molar-refractivity contribution < 1.29 is 27.8 Å². The van der Waals surface area contributed by atoms with Gasteiger partial charge in [-0.15, -0.1) is 0 Å². The minimum Gasteiger partial charge on any atom is -0.480 e. The van der Waals surface area contributed by atoms with Gasteiger partial charge in [0.2, 0.25) is 10.0 Å². The number of nitrogens with zero attached hydrogens (tertiary/aromatic N) is 1. The van der Waals surface area contributed by atoms with Crippen molar-refractivity contribution in [2.24, 2.45) is 0 Å². The fraction of sp³-hybridized carbons (Fsp3) is 0.417. The summed E-state index contributed by atoms with van der Waals surface area (Å²) in [6, 6.07) is 4.13. The van der Waals surface area contributed by atoms with Crippen LogP contribution in [0.3, 0.4) is 0 Å². The van der Waals surface area contributed by atoms with E-state index in [0.29, 0.717) is 6.42 Å². The topological polar surface area (TPSA) is 94.9 Å². The van der Waals surface area contributed by atoms with E-state index in [2.05, 4.69) is 0 Å². The molecule has 1 aromatic carbocycles. The van der Waals surface area contributed by atoms with E-state index in [9.17, 15) is 27.8 Å². The number of carboxylic acid groups (broad SMARTS) is 1. The molecule has 1 aromatic rings. The van der Waals surface area contributed by atoms with Gasteiger partial charge in [-0.1, -0.05) is 0 Å². The third-order valence-corrected chi connectivity index (χ3v) is 5.47. The number of carbonyl (C=O) groups is 1. The molecule has 0 saturated carbocycles. The Morgan fingerprint density at radius 1 is 1.35 bits per heavy atom. The molecular formula is C12H14FNO5S. The van der Waals surface area contributed by atoms with Crippen LogP contribution in [-0.2, 0) is 14.8 Å². The highest BCUT2D eigenvalue weighted by Crippen LogP contribution is 2.34. The van der Waals surface area contributed by atoms with Gasteiger partial charge >= 0.3 is 5.97 Å². The monoisotopic (exact) mass is 303 g/mol. The molecule has 1 heterocycles. The largest absolute Gasteiger partial charge is 0.480 e. The number of halogens is 1. The smallest absolute Gasteiger partial charge is 0.327 e. The van der Waals surface area contributed by atoms with Crippen molar-refractivity contribution in [2.75, 3.05) is 13.2 Å². The summed E-state index contributed by atoms with van der Waals surface area (Å²) in [5, 5.41) is 18.6. The number of carboxylic acids is 1. The minimum absolute atomic E-state index is 0.00652. The van der Waals surface area contributed by atoms with Gasteiger partial charge in [-0.05, 0) is 37.1 Å². The maximum Gasteiger partial charge on any atom is 0.327 e. The van der Waals surface area contributed by atoms with Gasteiger partial charge < -0.3 is 10.2 Å². The first-order valence-electron chi connectivity index (χ1n) is 5.97. The summed E-state index contributed by atoms with van der Waals surface area (Å²) in [4.78, 5) is 11.2. The fourth-order valence-corrected chi connectivity index (χ4v) is 4.17. The zero-order chi connectivity index (χ0) is 15.0. The van der Waals surface area contributed by atoms with E-state index in [1.54, 1.807) is 0 Å². The van der Waals surface area contributed by atoms with Gasteiger partial charge in [0.15, 0.2) is 5.54 Å². The highest BCUT2D eigenvalue weighted by atomic mass is 32.2. The summed E-state index contributed by atoms with van der Waals surface area (Å²) in [7, 11) is -4.09. The van der Waals surface area contributed by atoms with Gasteiger partial charge in [-0.25, -0.2) is 12.8 Å². The quantitative estimate of drug-likeness (QED) is 0.841. The summed E-state index contributed by atoms with van der Waals surface area (Å²) < 4.78 is 38.6. The SMILES string of the molecule is O=C(O)[C@]1(CO)CCCN1S(=O)(=O)c1ccc(F)cc1. The highest BCUT2D eigenvalue weighted by molar-refractivity contribution is 7.89. The second-order valence-electron chi connectivity index (χ2n) is 4.63. The fourth-order valence-electron chi connectivity index (χ4n) is 2.38. The van der Waals surface area contributed by atoms with Gasteiger partial charge in [-0.2, -0.15) is 4.31 Å². The number of aliphatic carboxylic acids is 1. The van der Waals surface area contributed by atoms with E-state index in [1.165, 1.54) is 0 Å². The molecule has 1 aliphatic rings. The molecule has 0 radical (unpaired) electrons. The molecule has 0 unspecified atom stereocenters. The molecule has 2 N–H and O–H groups in total. The predicted octanol–water partition coefficient (Wildman–Crippen LogP) is 0.426. The van der Waals surface area contributed by atoms with Crippen LogP contribution in [0.5, 0.6) is 0 Å². The van der Waals surface area contributed by atoms with Crippen molar-refractivity contribution in [2.45, 2.75) is 23.3 Å². The number of benzene rings is 1. The Kier molecular flexibility index (Phi) is 3.81. The molecule has 1 saturated heterocycles. The van der Waals surface area contributed by atoms with Crippen molar-refractivity contribution in [3.8, 4) is 0 Å². The van der Waals surface area contributed by atoms with Gasteiger partial charge in [0.1, 0.15) is 5.82 Å². The standard InChI is InChI=1S/C12H14FNO5S/c13-9-2-4-10(5-3-9)20(18,19)14-7-1-6-12(14,8-15)11(16)17/h2-5,15H,1,6-8H2,(H,16,17)/t12-/m1/s1. The Morgan fingerprint density at radius 2 is 1.95 bits per heavy atom. The Balaban J connectivity index is 2.48. The van der Waals surface area contributed by atoms with Crippen LogP contribution in [0.4, 0.5) is 4.39 Å². The van der Waals surface area contributed by atoms with Crippen LogP contribution < -0.4 is 0 Å². The van der Waals surface area contributed by atoms with Crippen molar-refractivity contribution in [1.29, 1.82) is 0 Å². The van der Waals surface area contributed by atoms with Gasteiger partial charge in [0, 0.05) is 6.54 Å². The van der Waals surface area contributed by atoms with E-state index in [4.69, 9.17) is 0 Å². The lowest BCUT2D eigenvalue weighted by Gasteiger charge is -2.31. The van der Waals surface area contributed by atoms with E-state index < -0.39 is 34.0 Å². The maximum atomic E-state index is 12.9. The lowest BCUT2D eigenvalue weighted by molar-refractivity contribution is -0.149. The first-order valence-corrected chi connectivity index (χ1v) is 7.41. The number of sulfonamides is 1. The summed E-state index contributed by atoms with van der Waals surface area (Å²) in [5.41, 5.74) is -1.84.